The Hall–Kier alpha value is -1.46. The zero-order valence-corrected chi connectivity index (χ0v) is 36.6. The van der Waals surface area contributed by atoms with Crippen molar-refractivity contribution >= 4 is 11.9 Å². The number of aliphatic hydroxyl groups is 3. The van der Waals surface area contributed by atoms with Gasteiger partial charge in [-0.3, -0.25) is 9.59 Å². The van der Waals surface area contributed by atoms with Crippen LogP contribution in [0.1, 0.15) is 121 Å². The van der Waals surface area contributed by atoms with E-state index in [-0.39, 0.29) is 43.3 Å². The first-order valence-electron chi connectivity index (χ1n) is 21.0. The van der Waals surface area contributed by atoms with Gasteiger partial charge in [0.15, 0.2) is 18.7 Å². The monoisotopic (exact) mass is 802 g/mol. The van der Waals surface area contributed by atoms with Gasteiger partial charge in [0.1, 0.15) is 17.8 Å². The third kappa shape index (κ3) is 9.93. The Morgan fingerprint density at radius 1 is 0.929 bits per heavy atom. The molecule has 326 valence electrons. The van der Waals surface area contributed by atoms with Crippen molar-refractivity contribution in [3.05, 3.63) is 0 Å². The minimum absolute atomic E-state index is 0.0871. The Bertz CT molecular complexity index is 1300. The Morgan fingerprint density at radius 2 is 1.59 bits per heavy atom. The maximum atomic E-state index is 14.3. The van der Waals surface area contributed by atoms with Gasteiger partial charge >= 0.3 is 11.9 Å². The topological polar surface area (TPSA) is 172 Å². The van der Waals surface area contributed by atoms with E-state index in [1.165, 1.54) is 14.0 Å². The highest BCUT2D eigenvalue weighted by Crippen LogP contribution is 2.48. The van der Waals surface area contributed by atoms with Crippen LogP contribution in [0, 0.1) is 23.7 Å². The molecule has 4 rings (SSSR count). The largest absolute Gasteiger partial charge is 0.459 e. The second-order valence-electron chi connectivity index (χ2n) is 18.3. The molecule has 4 heterocycles. The first kappa shape index (κ1) is 47.2. The molecule has 0 amide bonds. The minimum Gasteiger partial charge on any atom is -0.459 e. The molecule has 0 radical (unpaired) electrons. The molecule has 56 heavy (non-hydrogen) atoms. The molecule has 0 aliphatic carbocycles. The number of likely N-dealkylation sites (N-methyl/N-ethyl adjacent to an activating group) is 1. The normalized spacial score (nSPS) is 48.1. The van der Waals surface area contributed by atoms with Gasteiger partial charge in [-0.1, -0.05) is 41.0 Å². The summed E-state index contributed by atoms with van der Waals surface area (Å²) >= 11 is 0. The highest BCUT2D eigenvalue weighted by Gasteiger charge is 2.58. The van der Waals surface area contributed by atoms with E-state index in [0.717, 1.165) is 6.42 Å². The average molecular weight is 802 g/mol. The smallest absolute Gasteiger partial charge is 0.311 e. The third-order valence-corrected chi connectivity index (χ3v) is 13.4. The number of aliphatic hydroxyl groups excluding tert-OH is 2. The van der Waals surface area contributed by atoms with E-state index >= 15 is 0 Å². The lowest BCUT2D eigenvalue weighted by atomic mass is 9.76. The number of nitrogens with zero attached hydrogens (tertiary/aromatic N) is 1. The summed E-state index contributed by atoms with van der Waals surface area (Å²) in [6.07, 6.45) is -5.83. The fourth-order valence-electron chi connectivity index (χ4n) is 9.84. The van der Waals surface area contributed by atoms with Crippen LogP contribution < -0.4 is 0 Å². The number of carbonyl (C=O) groups is 2. The predicted molar refractivity (Wildman–Crippen MR) is 207 cm³/mol. The molecule has 14 heteroatoms. The number of methoxy groups -OCH3 is 1. The molecule has 4 aliphatic heterocycles. The van der Waals surface area contributed by atoms with Crippen molar-refractivity contribution in [3.63, 3.8) is 0 Å². The zero-order chi connectivity index (χ0) is 42.1. The molecule has 0 aromatic heterocycles. The van der Waals surface area contributed by atoms with Gasteiger partial charge in [0.2, 0.25) is 0 Å². The van der Waals surface area contributed by atoms with Crippen LogP contribution in [0.5, 0.6) is 0 Å². The molecule has 4 fully saturated rings. The predicted octanol–water partition coefficient (Wildman–Crippen LogP) is 4.36. The lowest BCUT2D eigenvalue weighted by Gasteiger charge is -2.49. The molecule has 14 nitrogen and oxygen atoms in total. The molecule has 0 spiro atoms. The van der Waals surface area contributed by atoms with E-state index in [9.17, 15) is 24.9 Å². The van der Waals surface area contributed by atoms with Crippen molar-refractivity contribution in [1.29, 1.82) is 0 Å². The van der Waals surface area contributed by atoms with Crippen LogP contribution >= 0.6 is 0 Å². The number of esters is 2. The standard InChI is InChI=1S/C42H75NO13/c1-15-17-18-30(44)53-34-28(43(12)13)19-23(4)50-39(34)55-37-25(6)33(54-31-21-40(9,49-14)36(46)27(8)51-31)26(7)38(47)52-29(16-2)42(11,48)35(45)24(5)32-22(3)20-41(37,10)56-32/h22-29,31-37,39,45-46,48H,15-21H2,1-14H3/t22?,23-,24?,25?,26?,27+,28+,29?,31+,32?,33?,34-,35?,36+,37?,39+,40-,41?,42?/m1/s1. The average Bonchev–Trinajstić information content (AvgIpc) is 3.45. The zero-order valence-electron chi connectivity index (χ0n) is 36.6. The molecular formula is C42H75NO13. The van der Waals surface area contributed by atoms with E-state index in [1.807, 2.05) is 53.6 Å². The van der Waals surface area contributed by atoms with Crippen molar-refractivity contribution in [2.75, 3.05) is 21.2 Å². The maximum absolute atomic E-state index is 14.3. The summed E-state index contributed by atoms with van der Waals surface area (Å²) in [6.45, 7) is 20.3. The molecular weight excluding hydrogens is 726 g/mol. The van der Waals surface area contributed by atoms with Crippen molar-refractivity contribution in [3.8, 4) is 0 Å². The number of cyclic esters (lactones) is 1. The second-order valence-corrected chi connectivity index (χ2v) is 18.3. The van der Waals surface area contributed by atoms with E-state index in [4.69, 9.17) is 37.9 Å². The summed E-state index contributed by atoms with van der Waals surface area (Å²) in [5, 5.41) is 34.7. The summed E-state index contributed by atoms with van der Waals surface area (Å²) in [4.78, 5) is 29.6. The first-order chi connectivity index (χ1) is 26.0. The minimum atomic E-state index is -1.81. The molecule has 19 atom stereocenters. The molecule has 0 aromatic carbocycles. The molecule has 4 aliphatic rings. The van der Waals surface area contributed by atoms with Gasteiger partial charge in [-0.05, 0) is 87.2 Å². The number of hydrogen-bond donors (Lipinski definition) is 3. The number of unbranched alkanes of at least 4 members (excludes halogenated alkanes) is 1. The molecule has 3 N–H and O–H groups in total. The van der Waals surface area contributed by atoms with E-state index < -0.39 is 102 Å². The molecule has 11 unspecified atom stereocenters. The Morgan fingerprint density at radius 3 is 2.18 bits per heavy atom. The van der Waals surface area contributed by atoms with Gasteiger partial charge in [-0.15, -0.1) is 0 Å². The van der Waals surface area contributed by atoms with Crippen LogP contribution in [0.3, 0.4) is 0 Å². The fourth-order valence-corrected chi connectivity index (χ4v) is 9.84. The Kier molecular flexibility index (Phi) is 15.9. The van der Waals surface area contributed by atoms with Crippen LogP contribution in [0.25, 0.3) is 0 Å². The van der Waals surface area contributed by atoms with Crippen molar-refractivity contribution < 1.29 is 62.8 Å². The fraction of sp³-hybridized carbons (Fsp3) is 0.952. The van der Waals surface area contributed by atoms with Gasteiger partial charge in [0, 0.05) is 31.8 Å². The number of fused-ring (bicyclic) bond motifs is 2. The summed E-state index contributed by atoms with van der Waals surface area (Å²) in [5.41, 5.74) is -3.85. The van der Waals surface area contributed by atoms with Gasteiger partial charge in [0.25, 0.3) is 0 Å². The quantitative estimate of drug-likeness (QED) is 0.252. The number of carbonyl (C=O) groups excluding carboxylic acids is 2. The summed E-state index contributed by atoms with van der Waals surface area (Å²) in [6, 6.07) is -0.219. The van der Waals surface area contributed by atoms with Crippen LogP contribution in [0.4, 0.5) is 0 Å². The highest BCUT2D eigenvalue weighted by molar-refractivity contribution is 5.73. The van der Waals surface area contributed by atoms with Crippen LogP contribution in [0.15, 0.2) is 0 Å². The number of rotatable bonds is 11. The van der Waals surface area contributed by atoms with Gasteiger partial charge in [-0.25, -0.2) is 0 Å². The van der Waals surface area contributed by atoms with Crippen LogP contribution in [-0.2, 0) is 47.5 Å². The van der Waals surface area contributed by atoms with Crippen LogP contribution in [0.2, 0.25) is 0 Å². The number of hydrogen-bond acceptors (Lipinski definition) is 14. The van der Waals surface area contributed by atoms with E-state index in [2.05, 4.69) is 6.92 Å². The molecule has 0 aromatic rings. The highest BCUT2D eigenvalue weighted by atomic mass is 16.7. The summed E-state index contributed by atoms with van der Waals surface area (Å²) in [7, 11) is 5.42. The summed E-state index contributed by atoms with van der Waals surface area (Å²) < 4.78 is 52.0. The third-order valence-electron chi connectivity index (χ3n) is 13.4. The molecule has 4 saturated heterocycles. The maximum Gasteiger partial charge on any atom is 0.311 e. The lowest BCUT2D eigenvalue weighted by molar-refractivity contribution is -0.320. The van der Waals surface area contributed by atoms with Crippen molar-refractivity contribution in [2.45, 2.75) is 211 Å². The summed E-state index contributed by atoms with van der Waals surface area (Å²) in [5.74, 6) is -3.19. The van der Waals surface area contributed by atoms with E-state index in [1.54, 1.807) is 27.7 Å². The Labute approximate surface area is 335 Å². The van der Waals surface area contributed by atoms with E-state index in [0.29, 0.717) is 19.3 Å². The number of ether oxygens (including phenoxy) is 8. The Balaban J connectivity index is 1.87. The van der Waals surface area contributed by atoms with Gasteiger partial charge < -0.3 is 58.1 Å². The SMILES string of the molecule is CCCCC(=O)O[C@H]1[C@H](OC2C(C)C(O[C@H]3C[C@@](C)(OC)[C@@H](O)[C@H](C)O3)C(C)C(=O)OC(CC)C(C)(O)C(O)C(C)C3OC2(C)CC3C)O[C@H](C)C[C@@H]1N(C)C. The lowest BCUT2D eigenvalue weighted by Crippen LogP contribution is -2.61. The van der Waals surface area contributed by atoms with Crippen molar-refractivity contribution in [1.82, 2.24) is 4.90 Å². The van der Waals surface area contributed by atoms with Gasteiger partial charge in [-0.2, -0.15) is 0 Å². The molecule has 0 saturated carbocycles. The molecule has 2 bridgehead atoms. The second kappa shape index (κ2) is 18.9. The first-order valence-corrected chi connectivity index (χ1v) is 21.0. The van der Waals surface area contributed by atoms with Crippen LogP contribution in [-0.4, -0.2) is 144 Å². The van der Waals surface area contributed by atoms with Crippen molar-refractivity contribution in [2.24, 2.45) is 23.7 Å². The van der Waals surface area contributed by atoms with Gasteiger partial charge in [0.05, 0.1) is 59.8 Å².